The first kappa shape index (κ1) is 20.0. The van der Waals surface area contributed by atoms with E-state index >= 15 is 0 Å². The van der Waals surface area contributed by atoms with E-state index in [0.29, 0.717) is 19.0 Å². The molecule has 2 heterocycles. The molecule has 1 atom stereocenters. The molecule has 7 nitrogen and oxygen atoms in total. The number of guanidine groups is 1. The van der Waals surface area contributed by atoms with E-state index in [4.69, 9.17) is 4.42 Å². The highest BCUT2D eigenvalue weighted by molar-refractivity contribution is 7.11. The molecule has 1 amide bonds. The van der Waals surface area contributed by atoms with Crippen LogP contribution < -0.4 is 10.6 Å². The van der Waals surface area contributed by atoms with Crippen LogP contribution in [0.15, 0.2) is 34.0 Å². The molecule has 1 unspecified atom stereocenters. The summed E-state index contributed by atoms with van der Waals surface area (Å²) in [5.41, 5.74) is 0. The van der Waals surface area contributed by atoms with Crippen molar-refractivity contribution < 1.29 is 9.21 Å². The standard InChI is InChI=1S/C18H27N5O2S/c1-13(17-20-11-14(2)26-17)10-21-18(22-12-16(24)23(3)4)19-8-7-15-6-5-9-25-15/h5-6,9,11,13H,7-8,10,12H2,1-4H3,(H2,19,21,22). The van der Waals surface area contributed by atoms with Gasteiger partial charge in [0.1, 0.15) is 12.3 Å². The van der Waals surface area contributed by atoms with Gasteiger partial charge in [-0.05, 0) is 19.1 Å². The lowest BCUT2D eigenvalue weighted by Crippen LogP contribution is -2.41. The van der Waals surface area contributed by atoms with E-state index in [0.717, 1.165) is 17.2 Å². The summed E-state index contributed by atoms with van der Waals surface area (Å²) < 4.78 is 5.34. The molecular formula is C18H27N5O2S. The SMILES string of the molecule is Cc1cnc(C(C)CNC(=NCC(=O)N(C)C)NCCc2ccco2)s1. The lowest BCUT2D eigenvalue weighted by Gasteiger charge is -2.15. The van der Waals surface area contributed by atoms with E-state index in [2.05, 4.69) is 34.5 Å². The summed E-state index contributed by atoms with van der Waals surface area (Å²) in [4.78, 5) is 23.4. The molecule has 0 aliphatic carbocycles. The Morgan fingerprint density at radius 2 is 2.23 bits per heavy atom. The zero-order valence-corrected chi connectivity index (χ0v) is 16.6. The van der Waals surface area contributed by atoms with E-state index in [1.807, 2.05) is 18.3 Å². The Morgan fingerprint density at radius 1 is 1.42 bits per heavy atom. The molecule has 0 aliphatic rings. The zero-order chi connectivity index (χ0) is 18.9. The van der Waals surface area contributed by atoms with Crippen molar-refractivity contribution in [2.75, 3.05) is 33.7 Å². The first-order valence-corrected chi connectivity index (χ1v) is 9.44. The van der Waals surface area contributed by atoms with Crippen LogP contribution in [0.3, 0.4) is 0 Å². The minimum Gasteiger partial charge on any atom is -0.469 e. The van der Waals surface area contributed by atoms with Gasteiger partial charge in [0.05, 0.1) is 11.3 Å². The highest BCUT2D eigenvalue weighted by Gasteiger charge is 2.11. The number of carbonyl (C=O) groups excluding carboxylic acids is 1. The number of aryl methyl sites for hydroxylation is 1. The van der Waals surface area contributed by atoms with Crippen LogP contribution in [0.4, 0.5) is 0 Å². The number of nitrogens with zero attached hydrogens (tertiary/aromatic N) is 3. The Hall–Kier alpha value is -2.35. The van der Waals surface area contributed by atoms with E-state index in [1.54, 1.807) is 31.7 Å². The second-order valence-corrected chi connectivity index (χ2v) is 7.57. The molecule has 0 aromatic carbocycles. The highest BCUT2D eigenvalue weighted by atomic mass is 32.1. The fourth-order valence-corrected chi connectivity index (χ4v) is 2.98. The van der Waals surface area contributed by atoms with Crippen LogP contribution in [0.1, 0.15) is 28.5 Å². The van der Waals surface area contributed by atoms with Crippen molar-refractivity contribution in [3.05, 3.63) is 40.2 Å². The van der Waals surface area contributed by atoms with Gasteiger partial charge in [0.15, 0.2) is 5.96 Å². The molecular weight excluding hydrogens is 350 g/mol. The summed E-state index contributed by atoms with van der Waals surface area (Å²) in [7, 11) is 3.45. The van der Waals surface area contributed by atoms with E-state index in [1.165, 1.54) is 9.78 Å². The number of aromatic nitrogens is 1. The molecule has 0 aliphatic heterocycles. The number of aliphatic imine (C=N–C) groups is 1. The van der Waals surface area contributed by atoms with Crippen LogP contribution in [-0.2, 0) is 11.2 Å². The van der Waals surface area contributed by atoms with Crippen LogP contribution in [-0.4, -0.2) is 55.5 Å². The molecule has 0 radical (unpaired) electrons. The lowest BCUT2D eigenvalue weighted by atomic mass is 10.2. The topological polar surface area (TPSA) is 82.8 Å². The minimum atomic E-state index is -0.0410. The molecule has 2 N–H and O–H groups in total. The second-order valence-electron chi connectivity index (χ2n) is 6.30. The molecule has 0 fully saturated rings. The van der Waals surface area contributed by atoms with Gasteiger partial charge < -0.3 is 20.0 Å². The number of nitrogens with one attached hydrogen (secondary N) is 2. The van der Waals surface area contributed by atoms with Gasteiger partial charge in [0, 0.05) is 50.6 Å². The summed E-state index contributed by atoms with van der Waals surface area (Å²) in [5.74, 6) is 1.75. The van der Waals surface area contributed by atoms with Crippen molar-refractivity contribution >= 4 is 23.2 Å². The van der Waals surface area contributed by atoms with Gasteiger partial charge in [0.25, 0.3) is 0 Å². The molecule has 0 spiro atoms. The van der Waals surface area contributed by atoms with E-state index in [-0.39, 0.29) is 18.4 Å². The second kappa shape index (κ2) is 9.96. The molecule has 142 valence electrons. The van der Waals surface area contributed by atoms with Gasteiger partial charge in [-0.25, -0.2) is 9.98 Å². The van der Waals surface area contributed by atoms with Crippen LogP contribution in [0.25, 0.3) is 0 Å². The monoisotopic (exact) mass is 377 g/mol. The molecule has 8 heteroatoms. The first-order valence-electron chi connectivity index (χ1n) is 8.62. The molecule has 2 aromatic heterocycles. The normalized spacial score (nSPS) is 12.7. The Bertz CT molecular complexity index is 709. The maximum atomic E-state index is 11.8. The maximum absolute atomic E-state index is 11.8. The largest absolute Gasteiger partial charge is 0.469 e. The van der Waals surface area contributed by atoms with Crippen molar-refractivity contribution in [1.82, 2.24) is 20.5 Å². The number of rotatable bonds is 8. The minimum absolute atomic E-state index is 0.0410. The Morgan fingerprint density at radius 3 is 2.85 bits per heavy atom. The molecule has 0 bridgehead atoms. The quantitative estimate of drug-likeness (QED) is 0.543. The zero-order valence-electron chi connectivity index (χ0n) is 15.8. The Balaban J connectivity index is 1.90. The van der Waals surface area contributed by atoms with Gasteiger partial charge in [0.2, 0.25) is 5.91 Å². The first-order chi connectivity index (χ1) is 12.5. The molecule has 26 heavy (non-hydrogen) atoms. The smallest absolute Gasteiger partial charge is 0.243 e. The molecule has 0 saturated carbocycles. The number of thiazole rings is 1. The van der Waals surface area contributed by atoms with Gasteiger partial charge in [-0.15, -0.1) is 11.3 Å². The summed E-state index contributed by atoms with van der Waals surface area (Å²) in [6, 6.07) is 3.81. The third-order valence-electron chi connectivity index (χ3n) is 3.75. The number of hydrogen-bond acceptors (Lipinski definition) is 5. The fourth-order valence-electron chi connectivity index (χ4n) is 2.16. The van der Waals surface area contributed by atoms with Gasteiger partial charge in [-0.1, -0.05) is 6.92 Å². The third kappa shape index (κ3) is 6.51. The molecule has 0 saturated heterocycles. The van der Waals surface area contributed by atoms with Crippen molar-refractivity contribution in [2.24, 2.45) is 4.99 Å². The van der Waals surface area contributed by atoms with E-state index < -0.39 is 0 Å². The highest BCUT2D eigenvalue weighted by Crippen LogP contribution is 2.20. The number of furan rings is 1. The number of likely N-dealkylation sites (N-methyl/N-ethyl adjacent to an activating group) is 1. The van der Waals surface area contributed by atoms with Gasteiger partial charge >= 0.3 is 0 Å². The molecule has 2 rings (SSSR count). The lowest BCUT2D eigenvalue weighted by molar-refractivity contribution is -0.127. The summed E-state index contributed by atoms with van der Waals surface area (Å²) >= 11 is 1.70. The van der Waals surface area contributed by atoms with Crippen LogP contribution in [0.2, 0.25) is 0 Å². The fraction of sp³-hybridized carbons (Fsp3) is 0.500. The van der Waals surface area contributed by atoms with Crippen molar-refractivity contribution in [3.8, 4) is 0 Å². The maximum Gasteiger partial charge on any atom is 0.243 e. The summed E-state index contributed by atoms with van der Waals surface area (Å²) in [5, 5.41) is 7.65. The van der Waals surface area contributed by atoms with E-state index in [9.17, 15) is 4.79 Å². The van der Waals surface area contributed by atoms with Gasteiger partial charge in [-0.2, -0.15) is 0 Å². The van der Waals surface area contributed by atoms with Crippen LogP contribution in [0.5, 0.6) is 0 Å². The van der Waals surface area contributed by atoms with Crippen LogP contribution in [0, 0.1) is 6.92 Å². The van der Waals surface area contributed by atoms with Crippen LogP contribution >= 0.6 is 11.3 Å². The third-order valence-corrected chi connectivity index (χ3v) is 4.90. The van der Waals surface area contributed by atoms with Gasteiger partial charge in [-0.3, -0.25) is 4.79 Å². The summed E-state index contributed by atoms with van der Waals surface area (Å²) in [6.45, 7) is 5.64. The number of hydrogen-bond donors (Lipinski definition) is 2. The number of carbonyl (C=O) groups is 1. The summed E-state index contributed by atoms with van der Waals surface area (Å²) in [6.07, 6.45) is 4.30. The van der Waals surface area contributed by atoms with Crippen molar-refractivity contribution in [3.63, 3.8) is 0 Å². The Kier molecular flexibility index (Phi) is 7.65. The predicted octanol–water partition coefficient (Wildman–Crippen LogP) is 2.01. The van der Waals surface area contributed by atoms with Crippen molar-refractivity contribution in [1.29, 1.82) is 0 Å². The number of amides is 1. The average molecular weight is 378 g/mol. The van der Waals surface area contributed by atoms with Crippen molar-refractivity contribution in [2.45, 2.75) is 26.2 Å². The Labute approximate surface area is 158 Å². The molecule has 2 aromatic rings. The average Bonchev–Trinajstić information content (AvgIpc) is 3.27. The predicted molar refractivity (Wildman–Crippen MR) is 105 cm³/mol.